The van der Waals surface area contributed by atoms with Gasteiger partial charge < -0.3 is 14.9 Å². The molecule has 0 aromatic rings. The van der Waals surface area contributed by atoms with Crippen LogP contribution in [0, 0.1) is 5.92 Å². The topological polar surface area (TPSA) is 66.8 Å². The van der Waals surface area contributed by atoms with Gasteiger partial charge in [-0.2, -0.15) is 0 Å². The largest absolute Gasteiger partial charge is 0.457 e. The molecule has 96 valence electrons. The maximum atomic E-state index is 10.6. The molecule has 0 aromatic heterocycles. The first-order valence-electron chi connectivity index (χ1n) is 5.81. The van der Waals surface area contributed by atoms with Crippen molar-refractivity contribution in [3.05, 3.63) is 23.3 Å². The average molecular weight is 240 g/mol. The van der Waals surface area contributed by atoms with Crippen molar-refractivity contribution in [2.75, 3.05) is 13.2 Å². The van der Waals surface area contributed by atoms with Gasteiger partial charge in [-0.05, 0) is 38.3 Å². The summed E-state index contributed by atoms with van der Waals surface area (Å²) in [7, 11) is 0. The van der Waals surface area contributed by atoms with Crippen LogP contribution in [0.1, 0.15) is 26.7 Å². The van der Waals surface area contributed by atoms with Gasteiger partial charge in [-0.25, -0.2) is 0 Å². The maximum absolute atomic E-state index is 10.6. The highest BCUT2D eigenvalue weighted by molar-refractivity contribution is 5.43. The highest BCUT2D eigenvalue weighted by Crippen LogP contribution is 2.38. The van der Waals surface area contributed by atoms with E-state index in [1.807, 2.05) is 26.0 Å². The van der Waals surface area contributed by atoms with Gasteiger partial charge in [0.05, 0.1) is 0 Å². The maximum Gasteiger partial charge on any atom is 0.293 e. The van der Waals surface area contributed by atoms with E-state index in [2.05, 4.69) is 0 Å². The first-order chi connectivity index (χ1) is 8.09. The second-order valence-electron chi connectivity index (χ2n) is 4.48. The summed E-state index contributed by atoms with van der Waals surface area (Å²) in [6.45, 7) is 4.37. The SMILES string of the molecule is CC1=C(CCO)C=CC(C)(OC=O)C1CCO. The smallest absolute Gasteiger partial charge is 0.293 e. The Kier molecular flexibility index (Phi) is 4.90. The molecule has 1 aliphatic carbocycles. The van der Waals surface area contributed by atoms with Crippen molar-refractivity contribution >= 4 is 6.47 Å². The summed E-state index contributed by atoms with van der Waals surface area (Å²) in [5, 5.41) is 18.1. The zero-order chi connectivity index (χ0) is 12.9. The Labute approximate surface area is 102 Å². The fourth-order valence-corrected chi connectivity index (χ4v) is 2.43. The second kappa shape index (κ2) is 5.98. The van der Waals surface area contributed by atoms with Gasteiger partial charge in [0.2, 0.25) is 0 Å². The predicted molar refractivity (Wildman–Crippen MR) is 64.3 cm³/mol. The van der Waals surface area contributed by atoms with Crippen molar-refractivity contribution in [3.63, 3.8) is 0 Å². The van der Waals surface area contributed by atoms with Crippen LogP contribution in [0.25, 0.3) is 0 Å². The van der Waals surface area contributed by atoms with E-state index in [0.717, 1.165) is 11.1 Å². The van der Waals surface area contributed by atoms with Crippen LogP contribution < -0.4 is 0 Å². The number of aliphatic hydroxyl groups excluding tert-OH is 2. The van der Waals surface area contributed by atoms with Gasteiger partial charge in [0.15, 0.2) is 0 Å². The van der Waals surface area contributed by atoms with E-state index < -0.39 is 5.60 Å². The third kappa shape index (κ3) is 2.96. The monoisotopic (exact) mass is 240 g/mol. The lowest BCUT2D eigenvalue weighted by atomic mass is 9.75. The van der Waals surface area contributed by atoms with Crippen molar-refractivity contribution in [3.8, 4) is 0 Å². The first-order valence-corrected chi connectivity index (χ1v) is 5.81. The van der Waals surface area contributed by atoms with Gasteiger partial charge in [0.1, 0.15) is 5.60 Å². The molecular weight excluding hydrogens is 220 g/mol. The van der Waals surface area contributed by atoms with E-state index in [1.165, 1.54) is 0 Å². The summed E-state index contributed by atoms with van der Waals surface area (Å²) in [5.41, 5.74) is 1.42. The van der Waals surface area contributed by atoms with Gasteiger partial charge in [-0.3, -0.25) is 4.79 Å². The van der Waals surface area contributed by atoms with Crippen LogP contribution in [0.5, 0.6) is 0 Å². The third-order valence-corrected chi connectivity index (χ3v) is 3.44. The quantitative estimate of drug-likeness (QED) is 0.684. The van der Waals surface area contributed by atoms with Crippen molar-refractivity contribution in [2.45, 2.75) is 32.3 Å². The molecule has 2 atom stereocenters. The number of rotatable bonds is 6. The van der Waals surface area contributed by atoms with Gasteiger partial charge in [-0.1, -0.05) is 11.6 Å². The van der Waals surface area contributed by atoms with Crippen LogP contribution in [-0.2, 0) is 9.53 Å². The van der Waals surface area contributed by atoms with Gasteiger partial charge in [0.25, 0.3) is 6.47 Å². The molecule has 0 aromatic carbocycles. The number of carbonyl (C=O) groups is 1. The molecule has 0 saturated heterocycles. The molecule has 0 heterocycles. The van der Waals surface area contributed by atoms with Crippen LogP contribution in [0.2, 0.25) is 0 Å². The Hall–Kier alpha value is -1.13. The zero-order valence-corrected chi connectivity index (χ0v) is 10.3. The Morgan fingerprint density at radius 1 is 1.47 bits per heavy atom. The van der Waals surface area contributed by atoms with E-state index in [4.69, 9.17) is 14.9 Å². The average Bonchev–Trinajstić information content (AvgIpc) is 2.29. The molecule has 1 aliphatic rings. The molecular formula is C13H20O4. The van der Waals surface area contributed by atoms with Crippen LogP contribution >= 0.6 is 0 Å². The molecule has 4 nitrogen and oxygen atoms in total. The fourth-order valence-electron chi connectivity index (χ4n) is 2.43. The minimum atomic E-state index is -0.701. The molecule has 0 aliphatic heterocycles. The summed E-state index contributed by atoms with van der Waals surface area (Å²) < 4.78 is 5.16. The van der Waals surface area contributed by atoms with Crippen LogP contribution in [0.4, 0.5) is 0 Å². The Balaban J connectivity index is 3.01. The van der Waals surface area contributed by atoms with E-state index in [1.54, 1.807) is 0 Å². The van der Waals surface area contributed by atoms with Crippen LogP contribution in [0.3, 0.4) is 0 Å². The number of hydrogen-bond donors (Lipinski definition) is 2. The Bertz CT molecular complexity index is 332. The molecule has 17 heavy (non-hydrogen) atoms. The van der Waals surface area contributed by atoms with E-state index in [0.29, 0.717) is 19.3 Å². The summed E-state index contributed by atoms with van der Waals surface area (Å²) >= 11 is 0. The normalized spacial score (nSPS) is 28.4. The Morgan fingerprint density at radius 3 is 2.71 bits per heavy atom. The molecule has 2 unspecified atom stereocenters. The first kappa shape index (κ1) is 13.9. The lowest BCUT2D eigenvalue weighted by Crippen LogP contribution is -2.39. The third-order valence-electron chi connectivity index (χ3n) is 3.44. The summed E-state index contributed by atoms with van der Waals surface area (Å²) in [5.74, 6) is -0.0377. The Morgan fingerprint density at radius 2 is 2.18 bits per heavy atom. The number of carbonyl (C=O) groups excluding carboxylic acids is 1. The van der Waals surface area contributed by atoms with Gasteiger partial charge >= 0.3 is 0 Å². The highest BCUT2D eigenvalue weighted by atomic mass is 16.5. The number of allylic oxidation sites excluding steroid dienone is 1. The second-order valence-corrected chi connectivity index (χ2v) is 4.48. The van der Waals surface area contributed by atoms with E-state index >= 15 is 0 Å². The zero-order valence-electron chi connectivity index (χ0n) is 10.3. The van der Waals surface area contributed by atoms with Crippen molar-refractivity contribution in [2.24, 2.45) is 5.92 Å². The van der Waals surface area contributed by atoms with E-state index in [9.17, 15) is 4.79 Å². The number of hydrogen-bond acceptors (Lipinski definition) is 4. The lowest BCUT2D eigenvalue weighted by Gasteiger charge is -2.37. The van der Waals surface area contributed by atoms with Crippen molar-refractivity contribution in [1.82, 2.24) is 0 Å². The van der Waals surface area contributed by atoms with Gasteiger partial charge in [0, 0.05) is 19.1 Å². The molecule has 2 N–H and O–H groups in total. The molecule has 0 amide bonds. The summed E-state index contributed by atoms with van der Waals surface area (Å²) in [4.78, 5) is 10.6. The molecule has 0 radical (unpaired) electrons. The number of aliphatic hydroxyl groups is 2. The van der Waals surface area contributed by atoms with Gasteiger partial charge in [-0.15, -0.1) is 0 Å². The molecule has 0 spiro atoms. The summed E-state index contributed by atoms with van der Waals surface area (Å²) in [6, 6.07) is 0. The molecule has 0 bridgehead atoms. The predicted octanol–water partition coefficient (Wildman–Crippen LogP) is 1.19. The fraction of sp³-hybridized carbons (Fsp3) is 0.615. The molecule has 0 saturated carbocycles. The standard InChI is InChI=1S/C13H20O4/c1-10-11(4-7-14)3-6-13(2,17-9-16)12(10)5-8-15/h3,6,9,12,14-15H,4-5,7-8H2,1-2H3. The minimum Gasteiger partial charge on any atom is -0.457 e. The molecule has 0 fully saturated rings. The minimum absolute atomic E-state index is 0.0377. The van der Waals surface area contributed by atoms with E-state index in [-0.39, 0.29) is 19.1 Å². The molecule has 1 rings (SSSR count). The summed E-state index contributed by atoms with van der Waals surface area (Å²) in [6.07, 6.45) is 4.85. The van der Waals surface area contributed by atoms with Crippen molar-refractivity contribution < 1.29 is 19.7 Å². The van der Waals surface area contributed by atoms with Crippen molar-refractivity contribution in [1.29, 1.82) is 0 Å². The lowest BCUT2D eigenvalue weighted by molar-refractivity contribution is -0.141. The van der Waals surface area contributed by atoms with Crippen LogP contribution in [-0.4, -0.2) is 35.5 Å². The highest BCUT2D eigenvalue weighted by Gasteiger charge is 2.37. The molecule has 4 heteroatoms. The number of ether oxygens (including phenoxy) is 1. The van der Waals surface area contributed by atoms with Crippen LogP contribution in [0.15, 0.2) is 23.3 Å².